The quantitative estimate of drug-likeness (QED) is 0.142. The van der Waals surface area contributed by atoms with Crippen LogP contribution >= 0.6 is 0 Å². The first-order chi connectivity index (χ1) is 22.1. The van der Waals surface area contributed by atoms with Crippen LogP contribution in [0.4, 0.5) is 0 Å². The fraction of sp³-hybridized carbons (Fsp3) is 0.278. The molecule has 0 atom stereocenters. The molecule has 0 unspecified atom stereocenters. The van der Waals surface area contributed by atoms with Crippen molar-refractivity contribution in [2.75, 3.05) is 26.4 Å². The molecule has 0 amide bonds. The SMILES string of the molecule is CCOC(=O)c1cc2cc3c(cc2cc1C(=O)OCC)C1C(=O)C(=O)C3c2cc3cc(C(=O)OCC)c(C(=O)OCC)cc3cc21. The summed E-state index contributed by atoms with van der Waals surface area (Å²) in [7, 11) is 0. The van der Waals surface area contributed by atoms with Gasteiger partial charge in [-0.15, -0.1) is 0 Å². The third-order valence-electron chi connectivity index (χ3n) is 8.35. The van der Waals surface area contributed by atoms with Gasteiger partial charge in [0.15, 0.2) is 0 Å². The number of rotatable bonds is 8. The number of carbonyl (C=O) groups excluding carboxylic acids is 6. The third kappa shape index (κ3) is 4.81. The number of ether oxygens (including phenoxy) is 4. The van der Waals surface area contributed by atoms with E-state index in [0.717, 1.165) is 0 Å². The second kappa shape index (κ2) is 11.8. The zero-order valence-electron chi connectivity index (χ0n) is 25.7. The van der Waals surface area contributed by atoms with Crippen molar-refractivity contribution in [3.05, 3.63) is 93.0 Å². The second-order valence-electron chi connectivity index (χ2n) is 10.9. The summed E-state index contributed by atoms with van der Waals surface area (Å²) >= 11 is 0. The van der Waals surface area contributed by atoms with E-state index in [1.165, 1.54) is 24.3 Å². The highest BCUT2D eigenvalue weighted by Crippen LogP contribution is 2.51. The Hall–Kier alpha value is -5.38. The maximum atomic E-state index is 13.5. The van der Waals surface area contributed by atoms with Crippen molar-refractivity contribution in [3.63, 3.8) is 0 Å². The van der Waals surface area contributed by atoms with Crippen molar-refractivity contribution in [2.45, 2.75) is 39.5 Å². The second-order valence-corrected chi connectivity index (χ2v) is 10.9. The summed E-state index contributed by atoms with van der Waals surface area (Å²) < 4.78 is 20.8. The van der Waals surface area contributed by atoms with E-state index in [9.17, 15) is 28.8 Å². The molecule has 0 radical (unpaired) electrons. The molecule has 3 aliphatic carbocycles. The van der Waals surface area contributed by atoms with Crippen molar-refractivity contribution >= 4 is 57.0 Å². The van der Waals surface area contributed by atoms with Gasteiger partial charge in [-0.25, -0.2) is 19.2 Å². The highest BCUT2D eigenvalue weighted by Gasteiger charge is 2.49. The Morgan fingerprint density at radius 2 is 0.652 bits per heavy atom. The minimum absolute atomic E-state index is 0.0337. The van der Waals surface area contributed by atoms with Crippen LogP contribution in [0.1, 0.15) is 103 Å². The summed E-state index contributed by atoms with van der Waals surface area (Å²) in [6.07, 6.45) is 0. The summed E-state index contributed by atoms with van der Waals surface area (Å²) in [5.74, 6) is -5.73. The summed E-state index contributed by atoms with van der Waals surface area (Å²) in [6, 6.07) is 13.2. The standard InChI is InChI=1S/C36H30O10/c1-5-43-33(39)25-13-17-9-21-22(10-18(17)14-26(25)34(40)44-6-2)30-24-12-20-16-28(36(42)46-8-4)27(35(41)45-7-3)15-19(20)11-23(24)29(21)31(37)32(30)38/h9-16,29-30H,5-8H2,1-4H3. The van der Waals surface area contributed by atoms with Gasteiger partial charge >= 0.3 is 23.9 Å². The summed E-state index contributed by atoms with van der Waals surface area (Å²) in [5.41, 5.74) is 2.58. The molecule has 0 heterocycles. The smallest absolute Gasteiger partial charge is 0.339 e. The minimum atomic E-state index is -0.928. The van der Waals surface area contributed by atoms with Gasteiger partial charge in [-0.2, -0.15) is 0 Å². The number of ketones is 2. The molecular weight excluding hydrogens is 592 g/mol. The number of Topliss-reactive ketones (excluding diaryl/α,β-unsaturated/α-hetero) is 2. The van der Waals surface area contributed by atoms with Gasteiger partial charge in [0, 0.05) is 0 Å². The first-order valence-electron chi connectivity index (χ1n) is 15.1. The number of carbonyl (C=O) groups is 6. The van der Waals surface area contributed by atoms with E-state index in [1.54, 1.807) is 52.0 Å². The van der Waals surface area contributed by atoms with E-state index in [2.05, 4.69) is 0 Å². The van der Waals surface area contributed by atoms with Crippen molar-refractivity contribution in [1.82, 2.24) is 0 Å². The number of hydrogen-bond acceptors (Lipinski definition) is 10. The predicted octanol–water partition coefficient (Wildman–Crippen LogP) is 5.43. The van der Waals surface area contributed by atoms with E-state index in [0.29, 0.717) is 43.8 Å². The Labute approximate surface area is 263 Å². The fourth-order valence-electron chi connectivity index (χ4n) is 6.47. The number of esters is 4. The Kier molecular flexibility index (Phi) is 7.89. The normalized spacial score (nSPS) is 16.2. The van der Waals surface area contributed by atoms with Crippen LogP contribution in [0.2, 0.25) is 0 Å². The molecule has 0 spiro atoms. The molecule has 0 aromatic heterocycles. The van der Waals surface area contributed by atoms with E-state index in [1.807, 2.05) is 0 Å². The van der Waals surface area contributed by atoms with Gasteiger partial charge in [-0.3, -0.25) is 9.59 Å². The van der Waals surface area contributed by atoms with Crippen LogP contribution in [0.5, 0.6) is 0 Å². The lowest BCUT2D eigenvalue weighted by Crippen LogP contribution is -2.40. The van der Waals surface area contributed by atoms with Gasteiger partial charge in [-0.1, -0.05) is 0 Å². The molecule has 3 aliphatic rings. The Balaban J connectivity index is 1.56. The number of hydrogen-bond donors (Lipinski definition) is 0. The van der Waals surface area contributed by atoms with E-state index in [4.69, 9.17) is 18.9 Å². The maximum Gasteiger partial charge on any atom is 0.339 e. The van der Waals surface area contributed by atoms with Crippen LogP contribution in [0.25, 0.3) is 21.5 Å². The third-order valence-corrected chi connectivity index (χ3v) is 8.35. The molecule has 234 valence electrons. The van der Waals surface area contributed by atoms with Crippen LogP contribution in [-0.2, 0) is 28.5 Å². The lowest BCUT2D eigenvalue weighted by Gasteiger charge is -2.38. The first kappa shape index (κ1) is 30.6. The molecule has 10 nitrogen and oxygen atoms in total. The van der Waals surface area contributed by atoms with Crippen LogP contribution < -0.4 is 0 Å². The highest BCUT2D eigenvalue weighted by atomic mass is 16.5. The van der Waals surface area contributed by atoms with Crippen LogP contribution in [0.15, 0.2) is 48.5 Å². The molecule has 2 bridgehead atoms. The van der Waals surface area contributed by atoms with E-state index < -0.39 is 47.3 Å². The Bertz CT molecular complexity index is 1750. The van der Waals surface area contributed by atoms with Crippen LogP contribution in [-0.4, -0.2) is 61.9 Å². The fourth-order valence-corrected chi connectivity index (χ4v) is 6.47. The van der Waals surface area contributed by atoms with E-state index >= 15 is 0 Å². The number of fused-ring (bicyclic) bond motifs is 3. The van der Waals surface area contributed by atoms with Gasteiger partial charge < -0.3 is 18.9 Å². The van der Waals surface area contributed by atoms with E-state index in [-0.39, 0.29) is 48.7 Å². The molecule has 4 aromatic rings. The molecular formula is C36H30O10. The largest absolute Gasteiger partial charge is 0.462 e. The van der Waals surface area contributed by atoms with Crippen molar-refractivity contribution < 1.29 is 47.7 Å². The average molecular weight is 623 g/mol. The lowest BCUT2D eigenvalue weighted by molar-refractivity contribution is -0.138. The molecule has 0 saturated heterocycles. The first-order valence-corrected chi connectivity index (χ1v) is 15.1. The summed E-state index contributed by atoms with van der Waals surface area (Å²) in [4.78, 5) is 78.4. The van der Waals surface area contributed by atoms with Crippen molar-refractivity contribution in [1.29, 1.82) is 0 Å². The van der Waals surface area contributed by atoms with Gasteiger partial charge in [0.1, 0.15) is 0 Å². The van der Waals surface area contributed by atoms with Gasteiger partial charge in [0.2, 0.25) is 11.6 Å². The molecule has 0 fully saturated rings. The van der Waals surface area contributed by atoms with Crippen molar-refractivity contribution in [2.24, 2.45) is 0 Å². The molecule has 46 heavy (non-hydrogen) atoms. The molecule has 10 heteroatoms. The topological polar surface area (TPSA) is 139 Å². The minimum Gasteiger partial charge on any atom is -0.462 e. The zero-order valence-corrected chi connectivity index (χ0v) is 25.7. The predicted molar refractivity (Wildman–Crippen MR) is 165 cm³/mol. The highest BCUT2D eigenvalue weighted by molar-refractivity contribution is 6.45. The molecule has 7 rings (SSSR count). The summed E-state index contributed by atoms with van der Waals surface area (Å²) in [6.45, 7) is 7.06. The average Bonchev–Trinajstić information content (AvgIpc) is 3.03. The lowest BCUT2D eigenvalue weighted by atomic mass is 9.62. The van der Waals surface area contributed by atoms with Crippen LogP contribution in [0.3, 0.4) is 0 Å². The van der Waals surface area contributed by atoms with Gasteiger partial charge in [0.05, 0.1) is 60.5 Å². The Morgan fingerprint density at radius 3 is 0.848 bits per heavy atom. The molecule has 0 aliphatic heterocycles. The molecule has 0 N–H and O–H groups in total. The Morgan fingerprint density at radius 1 is 0.435 bits per heavy atom. The van der Waals surface area contributed by atoms with Crippen molar-refractivity contribution in [3.8, 4) is 0 Å². The van der Waals surface area contributed by atoms with Gasteiger partial charge in [0.25, 0.3) is 0 Å². The molecule has 0 saturated carbocycles. The zero-order chi connectivity index (χ0) is 32.9. The maximum absolute atomic E-state index is 13.5. The monoisotopic (exact) mass is 622 g/mol. The summed E-state index contributed by atoms with van der Waals surface area (Å²) in [5, 5.41) is 2.31. The number of benzene rings is 4. The molecule has 4 aromatic carbocycles. The van der Waals surface area contributed by atoms with Crippen LogP contribution in [0, 0.1) is 0 Å². The van der Waals surface area contributed by atoms with Gasteiger partial charge in [-0.05, 0) is 120 Å².